The SMILES string of the molecule is COc1cc(CSc2ccc(C)cc2)c(C(=O)O)c(O)c1CC=C(C)C. The number of hydrogen-bond acceptors (Lipinski definition) is 4. The van der Waals surface area contributed by atoms with E-state index in [1.165, 1.54) is 24.4 Å². The zero-order valence-electron chi connectivity index (χ0n) is 15.5. The molecule has 0 heterocycles. The Labute approximate surface area is 158 Å². The number of carboxylic acids is 1. The van der Waals surface area contributed by atoms with Gasteiger partial charge < -0.3 is 14.9 Å². The Balaban J connectivity index is 2.41. The molecular formula is C21H24O4S. The molecule has 26 heavy (non-hydrogen) atoms. The molecule has 2 rings (SSSR count). The number of allylic oxidation sites excluding steroid dienone is 2. The standard InChI is InChI=1S/C21H24O4S/c1-13(2)5-10-17-18(25-4)11-15(19(20(17)22)21(23)24)12-26-16-8-6-14(3)7-9-16/h5-9,11,22H,10,12H2,1-4H3,(H,23,24). The zero-order chi connectivity index (χ0) is 19.3. The van der Waals surface area contributed by atoms with Gasteiger partial charge in [0.15, 0.2) is 0 Å². The van der Waals surface area contributed by atoms with E-state index in [0.29, 0.717) is 29.1 Å². The number of methoxy groups -OCH3 is 1. The molecule has 0 aromatic heterocycles. The molecule has 0 atom stereocenters. The van der Waals surface area contributed by atoms with Crippen LogP contribution in [-0.4, -0.2) is 23.3 Å². The first-order valence-corrected chi connectivity index (χ1v) is 9.29. The smallest absolute Gasteiger partial charge is 0.339 e. The van der Waals surface area contributed by atoms with E-state index < -0.39 is 5.97 Å². The molecule has 5 heteroatoms. The van der Waals surface area contributed by atoms with E-state index in [0.717, 1.165) is 10.5 Å². The fourth-order valence-corrected chi connectivity index (χ4v) is 3.45. The van der Waals surface area contributed by atoms with Gasteiger partial charge in [0.2, 0.25) is 0 Å². The molecule has 0 spiro atoms. The molecule has 0 aliphatic heterocycles. The van der Waals surface area contributed by atoms with Crippen molar-refractivity contribution in [1.29, 1.82) is 0 Å². The van der Waals surface area contributed by atoms with Gasteiger partial charge in [-0.15, -0.1) is 11.8 Å². The average molecular weight is 372 g/mol. The molecular weight excluding hydrogens is 348 g/mol. The summed E-state index contributed by atoms with van der Waals surface area (Å²) in [5, 5.41) is 20.2. The number of aromatic carboxylic acids is 1. The quantitative estimate of drug-likeness (QED) is 0.516. The minimum atomic E-state index is -1.14. The molecule has 0 saturated carbocycles. The predicted molar refractivity (Wildman–Crippen MR) is 105 cm³/mol. The van der Waals surface area contributed by atoms with Gasteiger partial charge >= 0.3 is 5.97 Å². The Morgan fingerprint density at radius 2 is 1.88 bits per heavy atom. The molecule has 2 N–H and O–H groups in total. The second kappa shape index (κ2) is 8.81. The maximum atomic E-state index is 11.8. The summed E-state index contributed by atoms with van der Waals surface area (Å²) in [7, 11) is 1.53. The van der Waals surface area contributed by atoms with E-state index in [9.17, 15) is 15.0 Å². The van der Waals surface area contributed by atoms with E-state index in [1.54, 1.807) is 6.07 Å². The molecule has 138 valence electrons. The van der Waals surface area contributed by atoms with Crippen LogP contribution < -0.4 is 4.74 Å². The van der Waals surface area contributed by atoms with Crippen molar-refractivity contribution in [3.8, 4) is 11.5 Å². The van der Waals surface area contributed by atoms with Crippen LogP contribution in [0.3, 0.4) is 0 Å². The number of hydrogen-bond donors (Lipinski definition) is 2. The number of ether oxygens (including phenoxy) is 1. The van der Waals surface area contributed by atoms with E-state index in [-0.39, 0.29) is 11.3 Å². The predicted octanol–water partition coefficient (Wildman–Crippen LogP) is 5.21. The van der Waals surface area contributed by atoms with Gasteiger partial charge in [-0.3, -0.25) is 0 Å². The molecule has 2 aromatic carbocycles. The number of benzene rings is 2. The number of thioether (sulfide) groups is 1. The summed E-state index contributed by atoms with van der Waals surface area (Å²) < 4.78 is 5.41. The molecule has 0 amide bonds. The molecule has 0 fully saturated rings. The van der Waals surface area contributed by atoms with Gasteiger partial charge in [-0.2, -0.15) is 0 Å². The van der Waals surface area contributed by atoms with Gasteiger partial charge in [-0.1, -0.05) is 29.3 Å². The van der Waals surface area contributed by atoms with Crippen LogP contribution in [0.5, 0.6) is 11.5 Å². The highest BCUT2D eigenvalue weighted by molar-refractivity contribution is 7.98. The molecule has 4 nitrogen and oxygen atoms in total. The van der Waals surface area contributed by atoms with Crippen molar-refractivity contribution in [3.63, 3.8) is 0 Å². The topological polar surface area (TPSA) is 66.8 Å². The lowest BCUT2D eigenvalue weighted by molar-refractivity contribution is 0.0692. The lowest BCUT2D eigenvalue weighted by Crippen LogP contribution is -2.06. The lowest BCUT2D eigenvalue weighted by atomic mass is 9.99. The highest BCUT2D eigenvalue weighted by Crippen LogP contribution is 2.37. The van der Waals surface area contributed by atoms with Crippen LogP contribution in [-0.2, 0) is 12.2 Å². The summed E-state index contributed by atoms with van der Waals surface area (Å²) in [6.07, 6.45) is 2.35. The van der Waals surface area contributed by atoms with Crippen molar-refractivity contribution in [2.45, 2.75) is 37.8 Å². The van der Waals surface area contributed by atoms with Crippen molar-refractivity contribution >= 4 is 17.7 Å². The Bertz CT molecular complexity index is 819. The first kappa shape index (κ1) is 19.9. The summed E-state index contributed by atoms with van der Waals surface area (Å²) in [4.78, 5) is 12.8. The van der Waals surface area contributed by atoms with Crippen molar-refractivity contribution in [1.82, 2.24) is 0 Å². The molecule has 0 bridgehead atoms. The minimum absolute atomic E-state index is 0.0532. The Morgan fingerprint density at radius 1 is 1.23 bits per heavy atom. The third-order valence-corrected chi connectivity index (χ3v) is 5.07. The molecule has 0 unspecified atom stereocenters. The van der Waals surface area contributed by atoms with Crippen LogP contribution in [0.2, 0.25) is 0 Å². The summed E-state index contributed by atoms with van der Waals surface area (Å²) >= 11 is 1.52. The van der Waals surface area contributed by atoms with Crippen LogP contribution in [0.4, 0.5) is 0 Å². The molecule has 0 aliphatic carbocycles. The molecule has 0 saturated heterocycles. The van der Waals surface area contributed by atoms with Crippen LogP contribution in [0.25, 0.3) is 0 Å². The van der Waals surface area contributed by atoms with Gasteiger partial charge in [0.05, 0.1) is 7.11 Å². The number of aryl methyl sites for hydroxylation is 1. The fraction of sp³-hybridized carbons (Fsp3) is 0.286. The second-order valence-corrected chi connectivity index (χ2v) is 7.38. The van der Waals surface area contributed by atoms with Gasteiger partial charge in [0.25, 0.3) is 0 Å². The van der Waals surface area contributed by atoms with E-state index in [2.05, 4.69) is 0 Å². The summed E-state index contributed by atoms with van der Waals surface area (Å²) in [6, 6.07) is 9.75. The van der Waals surface area contributed by atoms with E-state index >= 15 is 0 Å². The Kier molecular flexibility index (Phi) is 6.75. The monoisotopic (exact) mass is 372 g/mol. The Hall–Kier alpha value is -2.40. The number of carboxylic acid groups (broad SMARTS) is 1. The number of aromatic hydroxyl groups is 1. The van der Waals surface area contributed by atoms with Crippen molar-refractivity contribution < 1.29 is 19.7 Å². The minimum Gasteiger partial charge on any atom is -0.507 e. The van der Waals surface area contributed by atoms with Crippen molar-refractivity contribution in [2.24, 2.45) is 0 Å². The summed E-state index contributed by atoms with van der Waals surface area (Å²) in [5.41, 5.74) is 3.24. The largest absolute Gasteiger partial charge is 0.507 e. The van der Waals surface area contributed by atoms with Crippen molar-refractivity contribution in [2.75, 3.05) is 7.11 Å². The van der Waals surface area contributed by atoms with Crippen molar-refractivity contribution in [3.05, 3.63) is 64.2 Å². The summed E-state index contributed by atoms with van der Waals surface area (Å²) in [5.74, 6) is -0.418. The summed E-state index contributed by atoms with van der Waals surface area (Å²) in [6.45, 7) is 5.92. The molecule has 2 aromatic rings. The number of rotatable bonds is 7. The van der Waals surface area contributed by atoms with Crippen LogP contribution in [0.1, 0.15) is 40.9 Å². The van der Waals surface area contributed by atoms with Crippen LogP contribution >= 0.6 is 11.8 Å². The van der Waals surface area contributed by atoms with Gasteiger partial charge in [-0.25, -0.2) is 4.79 Å². The first-order chi connectivity index (χ1) is 12.3. The maximum Gasteiger partial charge on any atom is 0.339 e. The Morgan fingerprint density at radius 3 is 2.42 bits per heavy atom. The highest BCUT2D eigenvalue weighted by atomic mass is 32.2. The van der Waals surface area contributed by atoms with Crippen LogP contribution in [0, 0.1) is 6.92 Å². The normalized spacial score (nSPS) is 10.5. The number of phenols is 1. The van der Waals surface area contributed by atoms with E-state index in [4.69, 9.17) is 4.74 Å². The highest BCUT2D eigenvalue weighted by Gasteiger charge is 2.22. The zero-order valence-corrected chi connectivity index (χ0v) is 16.3. The third-order valence-electron chi connectivity index (χ3n) is 4.01. The molecule has 0 radical (unpaired) electrons. The first-order valence-electron chi connectivity index (χ1n) is 8.31. The maximum absolute atomic E-state index is 11.8. The van der Waals surface area contributed by atoms with E-state index in [1.807, 2.05) is 51.1 Å². The van der Waals surface area contributed by atoms with Crippen LogP contribution in [0.15, 0.2) is 46.9 Å². The number of carbonyl (C=O) groups is 1. The van der Waals surface area contributed by atoms with Gasteiger partial charge in [-0.05, 0) is 51.0 Å². The second-order valence-electron chi connectivity index (χ2n) is 6.33. The van der Waals surface area contributed by atoms with Gasteiger partial charge in [0, 0.05) is 16.2 Å². The van der Waals surface area contributed by atoms with Gasteiger partial charge in [0.1, 0.15) is 17.1 Å². The fourth-order valence-electron chi connectivity index (χ4n) is 2.57. The third kappa shape index (κ3) is 4.82. The lowest BCUT2D eigenvalue weighted by Gasteiger charge is -2.16. The molecule has 0 aliphatic rings. The average Bonchev–Trinajstić information content (AvgIpc) is 2.59.